The van der Waals surface area contributed by atoms with Crippen LogP contribution in [0.3, 0.4) is 0 Å². The van der Waals surface area contributed by atoms with Gasteiger partial charge in [0, 0.05) is 23.3 Å². The monoisotopic (exact) mass is 445 g/mol. The van der Waals surface area contributed by atoms with Crippen LogP contribution in [0.4, 0.5) is 5.69 Å². The van der Waals surface area contributed by atoms with E-state index < -0.39 is 0 Å². The molecule has 1 fully saturated rings. The summed E-state index contributed by atoms with van der Waals surface area (Å²) < 4.78 is 7.57. The molecule has 0 bridgehead atoms. The Balaban J connectivity index is 1.72. The number of benzene rings is 1. The van der Waals surface area contributed by atoms with Crippen LogP contribution in [0.25, 0.3) is 0 Å². The molecule has 0 atom stereocenters. The second-order valence-corrected chi connectivity index (χ2v) is 9.66. The fraction of sp³-hybridized carbons (Fsp3) is 0.609. The molecule has 1 aliphatic carbocycles. The third-order valence-corrected chi connectivity index (χ3v) is 6.83. The minimum Gasteiger partial charge on any atom is -0.497 e. The zero-order chi connectivity index (χ0) is 22.3. The normalized spacial score (nSPS) is 15.0. The maximum Gasteiger partial charge on any atom is 0.230 e. The van der Waals surface area contributed by atoms with Gasteiger partial charge in [-0.2, -0.15) is 0 Å². The molecule has 1 aromatic heterocycles. The minimum atomic E-state index is -0.194. The Labute approximate surface area is 189 Å². The smallest absolute Gasteiger partial charge is 0.230 e. The molecule has 2 N–H and O–H groups in total. The molecule has 0 saturated heterocycles. The molecule has 1 heterocycles. The molecule has 0 radical (unpaired) electrons. The van der Waals surface area contributed by atoms with Gasteiger partial charge < -0.3 is 19.9 Å². The average molecular weight is 446 g/mol. The Morgan fingerprint density at radius 3 is 2.74 bits per heavy atom. The molecule has 170 valence electrons. The lowest BCUT2D eigenvalue weighted by molar-refractivity contribution is -0.120. The molecular formula is C23H35N5O2S. The van der Waals surface area contributed by atoms with E-state index in [1.54, 1.807) is 7.11 Å². The van der Waals surface area contributed by atoms with Crippen LogP contribution in [0.1, 0.15) is 71.2 Å². The van der Waals surface area contributed by atoms with Crippen LogP contribution in [0.2, 0.25) is 0 Å². The Hall–Kier alpha value is -2.22. The van der Waals surface area contributed by atoms with Crippen LogP contribution in [0, 0.1) is 0 Å². The van der Waals surface area contributed by atoms with Crippen molar-refractivity contribution in [3.05, 3.63) is 30.1 Å². The van der Waals surface area contributed by atoms with Crippen molar-refractivity contribution in [2.24, 2.45) is 0 Å². The summed E-state index contributed by atoms with van der Waals surface area (Å²) in [4.78, 5) is 12.4. The van der Waals surface area contributed by atoms with E-state index in [9.17, 15) is 4.79 Å². The van der Waals surface area contributed by atoms with Crippen LogP contribution in [0.5, 0.6) is 5.75 Å². The zero-order valence-electron chi connectivity index (χ0n) is 19.1. The summed E-state index contributed by atoms with van der Waals surface area (Å²) in [6, 6.07) is 8.26. The highest BCUT2D eigenvalue weighted by molar-refractivity contribution is 7.99. The molecule has 0 aliphatic heterocycles. The number of anilines is 1. The second kappa shape index (κ2) is 10.9. The SMILES string of the molecule is CCC(C)(C)NC(=O)CSc1nnc(CNc2cccc(OC)c2)n1C1CCCCC1. The molecule has 0 unspecified atom stereocenters. The number of methoxy groups -OCH3 is 1. The van der Waals surface area contributed by atoms with Crippen molar-refractivity contribution in [1.29, 1.82) is 0 Å². The van der Waals surface area contributed by atoms with E-state index in [0.29, 0.717) is 18.3 Å². The predicted octanol–water partition coefficient (Wildman–Crippen LogP) is 4.80. The van der Waals surface area contributed by atoms with Gasteiger partial charge in [-0.1, -0.05) is 44.0 Å². The molecular weight excluding hydrogens is 410 g/mol. The van der Waals surface area contributed by atoms with Gasteiger partial charge in [0.15, 0.2) is 11.0 Å². The topological polar surface area (TPSA) is 81.1 Å². The minimum absolute atomic E-state index is 0.0334. The van der Waals surface area contributed by atoms with E-state index in [4.69, 9.17) is 4.74 Å². The van der Waals surface area contributed by atoms with E-state index in [2.05, 4.69) is 32.3 Å². The molecule has 1 amide bonds. The number of thioether (sulfide) groups is 1. The summed E-state index contributed by atoms with van der Waals surface area (Å²) in [6.07, 6.45) is 6.89. The Morgan fingerprint density at radius 1 is 1.26 bits per heavy atom. The lowest BCUT2D eigenvalue weighted by Crippen LogP contribution is -2.43. The number of hydrogen-bond acceptors (Lipinski definition) is 6. The summed E-state index contributed by atoms with van der Waals surface area (Å²) in [5.41, 5.74) is 0.786. The van der Waals surface area contributed by atoms with Crippen molar-refractivity contribution in [3.8, 4) is 5.75 Å². The molecule has 1 aromatic carbocycles. The Morgan fingerprint density at radius 2 is 2.03 bits per heavy atom. The standard InChI is InChI=1S/C23H35N5O2S/c1-5-23(2,3)25-21(29)16-31-22-27-26-20(28(22)18-11-7-6-8-12-18)15-24-17-10-9-13-19(14-17)30-4/h9-10,13-14,18,24H,5-8,11-12,15-16H2,1-4H3,(H,25,29). The van der Waals surface area contributed by atoms with Crippen molar-refractivity contribution in [2.45, 2.75) is 82.6 Å². The summed E-state index contributed by atoms with van der Waals surface area (Å²) in [5.74, 6) is 2.10. The van der Waals surface area contributed by atoms with Crippen molar-refractivity contribution in [2.75, 3.05) is 18.2 Å². The van der Waals surface area contributed by atoms with Crippen LogP contribution >= 0.6 is 11.8 Å². The molecule has 2 aromatic rings. The molecule has 7 nitrogen and oxygen atoms in total. The quantitative estimate of drug-likeness (QED) is 0.511. The van der Waals surface area contributed by atoms with Crippen molar-refractivity contribution >= 4 is 23.4 Å². The highest BCUT2D eigenvalue weighted by Gasteiger charge is 2.24. The number of carbonyl (C=O) groups excluding carboxylic acids is 1. The van der Waals surface area contributed by atoms with Crippen LogP contribution < -0.4 is 15.4 Å². The number of rotatable bonds is 10. The number of hydrogen-bond donors (Lipinski definition) is 2. The second-order valence-electron chi connectivity index (χ2n) is 8.72. The van der Waals surface area contributed by atoms with Gasteiger partial charge in [-0.25, -0.2) is 0 Å². The van der Waals surface area contributed by atoms with Gasteiger partial charge >= 0.3 is 0 Å². The molecule has 3 rings (SSSR count). The van der Waals surface area contributed by atoms with Crippen LogP contribution in [-0.2, 0) is 11.3 Å². The van der Waals surface area contributed by atoms with Gasteiger partial charge in [0.05, 0.1) is 19.4 Å². The van der Waals surface area contributed by atoms with Gasteiger partial charge in [0.1, 0.15) is 5.75 Å². The van der Waals surface area contributed by atoms with Gasteiger partial charge in [-0.3, -0.25) is 4.79 Å². The van der Waals surface area contributed by atoms with E-state index in [0.717, 1.165) is 41.7 Å². The maximum absolute atomic E-state index is 12.4. The fourth-order valence-electron chi connectivity index (χ4n) is 3.78. The maximum atomic E-state index is 12.4. The number of amides is 1. The number of nitrogens with one attached hydrogen (secondary N) is 2. The average Bonchev–Trinajstić information content (AvgIpc) is 3.19. The number of nitrogens with zero attached hydrogens (tertiary/aromatic N) is 3. The van der Waals surface area contributed by atoms with Gasteiger partial charge in [0.25, 0.3) is 0 Å². The van der Waals surface area contributed by atoms with Gasteiger partial charge in [-0.15, -0.1) is 10.2 Å². The van der Waals surface area contributed by atoms with Crippen molar-refractivity contribution < 1.29 is 9.53 Å². The van der Waals surface area contributed by atoms with E-state index in [-0.39, 0.29) is 11.4 Å². The highest BCUT2D eigenvalue weighted by Crippen LogP contribution is 2.33. The van der Waals surface area contributed by atoms with Gasteiger partial charge in [0.2, 0.25) is 5.91 Å². The number of aromatic nitrogens is 3. The van der Waals surface area contributed by atoms with Crippen LogP contribution in [-0.4, -0.2) is 39.1 Å². The predicted molar refractivity (Wildman–Crippen MR) is 126 cm³/mol. The first-order valence-electron chi connectivity index (χ1n) is 11.2. The largest absolute Gasteiger partial charge is 0.497 e. The molecule has 1 saturated carbocycles. The third kappa shape index (κ3) is 6.63. The lowest BCUT2D eigenvalue weighted by Gasteiger charge is -2.26. The van der Waals surface area contributed by atoms with E-state index >= 15 is 0 Å². The zero-order valence-corrected chi connectivity index (χ0v) is 19.9. The van der Waals surface area contributed by atoms with E-state index in [1.165, 1.54) is 31.0 Å². The first-order valence-corrected chi connectivity index (χ1v) is 12.2. The first kappa shape index (κ1) is 23.4. The number of carbonyl (C=O) groups is 1. The number of ether oxygens (including phenoxy) is 1. The molecule has 31 heavy (non-hydrogen) atoms. The van der Waals surface area contributed by atoms with E-state index in [1.807, 2.05) is 38.1 Å². The molecule has 8 heteroatoms. The van der Waals surface area contributed by atoms with Crippen molar-refractivity contribution in [1.82, 2.24) is 20.1 Å². The van der Waals surface area contributed by atoms with Crippen molar-refractivity contribution in [3.63, 3.8) is 0 Å². The van der Waals surface area contributed by atoms with Gasteiger partial charge in [-0.05, 0) is 45.2 Å². The summed E-state index contributed by atoms with van der Waals surface area (Å²) >= 11 is 1.48. The Kier molecular flexibility index (Phi) is 8.23. The fourth-order valence-corrected chi connectivity index (χ4v) is 4.60. The molecule has 0 spiro atoms. The molecule has 1 aliphatic rings. The Bertz CT molecular complexity index is 861. The lowest BCUT2D eigenvalue weighted by atomic mass is 9.95. The van der Waals surface area contributed by atoms with Crippen LogP contribution in [0.15, 0.2) is 29.4 Å². The first-order chi connectivity index (χ1) is 14.9. The summed E-state index contributed by atoms with van der Waals surface area (Å²) in [5, 5.41) is 16.3. The highest BCUT2D eigenvalue weighted by atomic mass is 32.2. The summed E-state index contributed by atoms with van der Waals surface area (Å²) in [7, 11) is 1.67. The third-order valence-electron chi connectivity index (χ3n) is 5.89. The summed E-state index contributed by atoms with van der Waals surface area (Å²) in [6.45, 7) is 6.74.